The van der Waals surface area contributed by atoms with Crippen molar-refractivity contribution in [1.29, 1.82) is 0 Å². The van der Waals surface area contributed by atoms with E-state index in [0.29, 0.717) is 12.8 Å². The lowest BCUT2D eigenvalue weighted by atomic mass is 9.97. The third-order valence-corrected chi connectivity index (χ3v) is 19.3. The number of unbranched alkanes of at least 4 members (excludes halogenated alkanes) is 42. The summed E-state index contributed by atoms with van der Waals surface area (Å²) in [6.45, 7) is 2.71. The third-order valence-electron chi connectivity index (χ3n) is 19.3. The van der Waals surface area contributed by atoms with Gasteiger partial charge >= 0.3 is 0 Å². The van der Waals surface area contributed by atoms with Gasteiger partial charge in [0.25, 0.3) is 0 Å². The van der Waals surface area contributed by atoms with Crippen molar-refractivity contribution in [3.63, 3.8) is 0 Å². The van der Waals surface area contributed by atoms with Gasteiger partial charge < -0.3 is 65.1 Å². The van der Waals surface area contributed by atoms with E-state index >= 15 is 0 Å². The summed E-state index contributed by atoms with van der Waals surface area (Å²) >= 11 is 0. The predicted octanol–water partition coefficient (Wildman–Crippen LogP) is 18.3. The van der Waals surface area contributed by atoms with Gasteiger partial charge in [0.2, 0.25) is 5.91 Å². The Balaban J connectivity index is 1.59. The second-order valence-electron chi connectivity index (χ2n) is 28.2. The van der Waals surface area contributed by atoms with Crippen LogP contribution in [0.2, 0.25) is 0 Å². The van der Waals surface area contributed by atoms with Crippen molar-refractivity contribution >= 4 is 5.91 Å². The molecule has 12 unspecified atom stereocenters. The molecule has 97 heavy (non-hydrogen) atoms. The quantitative estimate of drug-likeness (QED) is 0.0204. The first-order valence-corrected chi connectivity index (χ1v) is 40.3. The van der Waals surface area contributed by atoms with Crippen molar-refractivity contribution < 1.29 is 64.6 Å². The van der Waals surface area contributed by atoms with E-state index in [0.717, 1.165) is 64.2 Å². The SMILES string of the molecule is CC/C=C\C/C=C\C/C=C\C/C=C\C/C=C\CCCCCCCCCCCCCCCCCCCCCCCCCC(=O)NC(COC1OC(CO)C(OC2OC(CO)C(O)C(O)C2O)C(O)C1O)C(O)/C=C/CC/C=C/CCCCCCCCCCCCCCCCCCCC. The van der Waals surface area contributed by atoms with Crippen molar-refractivity contribution in [1.82, 2.24) is 5.32 Å². The minimum Gasteiger partial charge on any atom is -0.394 e. The molecule has 2 heterocycles. The van der Waals surface area contributed by atoms with E-state index in [-0.39, 0.29) is 18.9 Å². The summed E-state index contributed by atoms with van der Waals surface area (Å²) in [5.41, 5.74) is 0. The zero-order valence-electron chi connectivity index (χ0n) is 61.8. The van der Waals surface area contributed by atoms with Crippen molar-refractivity contribution in [3.05, 3.63) is 85.1 Å². The Morgan fingerprint density at radius 3 is 1.13 bits per heavy atom. The summed E-state index contributed by atoms with van der Waals surface area (Å²) in [6.07, 6.45) is 76.7. The van der Waals surface area contributed by atoms with Crippen LogP contribution in [0.3, 0.4) is 0 Å². The van der Waals surface area contributed by atoms with E-state index in [2.05, 4.69) is 92.1 Å². The van der Waals surface area contributed by atoms with E-state index in [1.165, 1.54) is 244 Å². The molecule has 0 aliphatic carbocycles. The molecule has 2 rings (SSSR count). The average Bonchev–Trinajstić information content (AvgIpc) is 0.794. The van der Waals surface area contributed by atoms with Crippen LogP contribution in [0.4, 0.5) is 0 Å². The van der Waals surface area contributed by atoms with Crippen molar-refractivity contribution in [2.75, 3.05) is 19.8 Å². The van der Waals surface area contributed by atoms with Gasteiger partial charge in [-0.15, -0.1) is 0 Å². The van der Waals surface area contributed by atoms with E-state index in [9.17, 15) is 45.6 Å². The molecule has 0 aromatic carbocycles. The molecule has 2 saturated heterocycles. The number of carbonyl (C=O) groups is 1. The van der Waals surface area contributed by atoms with Crippen LogP contribution in [0, 0.1) is 0 Å². The number of aliphatic hydroxyl groups is 8. The molecule has 2 aliphatic rings. The molecule has 0 saturated carbocycles. The van der Waals surface area contributed by atoms with Gasteiger partial charge in [0, 0.05) is 6.42 Å². The Morgan fingerprint density at radius 1 is 0.381 bits per heavy atom. The second-order valence-corrected chi connectivity index (χ2v) is 28.2. The summed E-state index contributed by atoms with van der Waals surface area (Å²) in [5.74, 6) is -0.244. The zero-order chi connectivity index (χ0) is 70.1. The van der Waals surface area contributed by atoms with Crippen LogP contribution in [-0.4, -0.2) is 140 Å². The summed E-state index contributed by atoms with van der Waals surface area (Å²) in [6, 6.07) is -0.935. The number of ether oxygens (including phenoxy) is 4. The molecule has 9 N–H and O–H groups in total. The first kappa shape index (κ1) is 90.3. The van der Waals surface area contributed by atoms with Crippen LogP contribution in [0.5, 0.6) is 0 Å². The highest BCUT2D eigenvalue weighted by molar-refractivity contribution is 5.76. The summed E-state index contributed by atoms with van der Waals surface area (Å²) in [4.78, 5) is 13.4. The van der Waals surface area contributed by atoms with Crippen molar-refractivity contribution in [2.45, 2.75) is 415 Å². The fourth-order valence-corrected chi connectivity index (χ4v) is 13.0. The fourth-order valence-electron chi connectivity index (χ4n) is 13.0. The van der Waals surface area contributed by atoms with Crippen molar-refractivity contribution in [2.24, 2.45) is 0 Å². The van der Waals surface area contributed by atoms with Crippen molar-refractivity contribution in [3.8, 4) is 0 Å². The maximum atomic E-state index is 13.4. The average molecular weight is 1370 g/mol. The summed E-state index contributed by atoms with van der Waals surface area (Å²) in [5, 5.41) is 87.6. The van der Waals surface area contributed by atoms with Gasteiger partial charge in [0.1, 0.15) is 48.8 Å². The monoisotopic (exact) mass is 1370 g/mol. The highest BCUT2D eigenvalue weighted by atomic mass is 16.7. The maximum absolute atomic E-state index is 13.4. The number of amides is 1. The highest BCUT2D eigenvalue weighted by Gasteiger charge is 2.51. The highest BCUT2D eigenvalue weighted by Crippen LogP contribution is 2.30. The Bertz CT molecular complexity index is 1950. The zero-order valence-corrected chi connectivity index (χ0v) is 61.8. The Labute approximate surface area is 592 Å². The summed E-state index contributed by atoms with van der Waals surface area (Å²) < 4.78 is 22.9. The second kappa shape index (κ2) is 66.4. The van der Waals surface area contributed by atoms with Crippen LogP contribution in [0.1, 0.15) is 341 Å². The molecule has 564 valence electrons. The summed E-state index contributed by atoms with van der Waals surface area (Å²) in [7, 11) is 0. The maximum Gasteiger partial charge on any atom is 0.220 e. The molecule has 0 aromatic rings. The van der Waals surface area contributed by atoms with Crippen LogP contribution >= 0.6 is 0 Å². The number of aliphatic hydroxyl groups excluding tert-OH is 8. The fraction of sp³-hybridized carbons (Fsp3) is 0.819. The molecule has 12 atom stereocenters. The van der Waals surface area contributed by atoms with Gasteiger partial charge in [0.15, 0.2) is 12.6 Å². The molecule has 14 heteroatoms. The molecule has 0 bridgehead atoms. The van der Waals surface area contributed by atoms with Crippen LogP contribution in [0.25, 0.3) is 0 Å². The standard InChI is InChI=1S/C83H149NO13/c1-3-5-7-9-11-13-15-17-19-21-23-25-27-29-30-31-32-33-34-35-36-37-38-39-40-41-42-43-45-47-49-51-53-55-57-59-61-63-65-67-75(88)84-71(70-94-82-80(93)78(91)81(74(69-86)96-82)97-83-79(92)77(90)76(89)73(68-85)95-83)72(87)66-64-62-60-58-56-54-52-50-48-46-44-28-26-24-22-20-18-16-14-12-10-8-6-4-2/h5,7,11,13,17,19,23,25,29-30,56,58,64,66,71-74,76-83,85-87,89-93H,3-4,6,8-10,12,14-16,18,20-22,24,26-28,31-55,57,59-63,65,67-70H2,1-2H3,(H,84,88)/b7-5-,13-11-,19-17-,25-23-,30-29-,58-56+,66-64+. The molecular formula is C83H149NO13. The number of carbonyl (C=O) groups excluding carboxylic acids is 1. The van der Waals surface area contributed by atoms with E-state index in [4.69, 9.17) is 18.9 Å². The number of allylic oxidation sites excluding steroid dienone is 13. The van der Waals surface area contributed by atoms with Gasteiger partial charge in [-0.3, -0.25) is 4.79 Å². The lowest BCUT2D eigenvalue weighted by Crippen LogP contribution is -2.65. The van der Waals surface area contributed by atoms with Gasteiger partial charge in [-0.25, -0.2) is 0 Å². The Kier molecular flexibility index (Phi) is 61.8. The lowest BCUT2D eigenvalue weighted by molar-refractivity contribution is -0.359. The minimum absolute atomic E-state index is 0.244. The molecule has 0 radical (unpaired) electrons. The normalized spacial score (nSPS) is 22.6. The van der Waals surface area contributed by atoms with E-state index in [1.54, 1.807) is 6.08 Å². The largest absolute Gasteiger partial charge is 0.394 e. The number of rotatable bonds is 67. The number of hydrogen-bond donors (Lipinski definition) is 9. The molecule has 0 aromatic heterocycles. The Morgan fingerprint density at radius 2 is 0.722 bits per heavy atom. The molecule has 2 fully saturated rings. The van der Waals surface area contributed by atoms with E-state index in [1.807, 2.05) is 6.08 Å². The topological polar surface area (TPSA) is 228 Å². The van der Waals surface area contributed by atoms with Crippen LogP contribution in [0.15, 0.2) is 85.1 Å². The third kappa shape index (κ3) is 49.4. The minimum atomic E-state index is -1.79. The first-order chi connectivity index (χ1) is 47.6. The molecule has 0 spiro atoms. The molecule has 14 nitrogen and oxygen atoms in total. The van der Waals surface area contributed by atoms with Gasteiger partial charge in [-0.1, -0.05) is 343 Å². The predicted molar refractivity (Wildman–Crippen MR) is 401 cm³/mol. The van der Waals surface area contributed by atoms with Crippen LogP contribution < -0.4 is 5.32 Å². The number of hydrogen-bond acceptors (Lipinski definition) is 13. The van der Waals surface area contributed by atoms with Gasteiger partial charge in [0.05, 0.1) is 32.0 Å². The lowest BCUT2D eigenvalue weighted by Gasteiger charge is -2.46. The van der Waals surface area contributed by atoms with Crippen LogP contribution in [-0.2, 0) is 23.7 Å². The molecular weight excluding hydrogens is 1220 g/mol. The Hall–Kier alpha value is -2.83. The first-order valence-electron chi connectivity index (χ1n) is 40.3. The van der Waals surface area contributed by atoms with Gasteiger partial charge in [-0.05, 0) is 77.0 Å². The smallest absolute Gasteiger partial charge is 0.220 e. The molecule has 1 amide bonds. The molecule has 2 aliphatic heterocycles. The van der Waals surface area contributed by atoms with E-state index < -0.39 is 86.8 Å². The number of nitrogens with one attached hydrogen (secondary N) is 1. The van der Waals surface area contributed by atoms with Gasteiger partial charge in [-0.2, -0.15) is 0 Å².